The Bertz CT molecular complexity index is 186. The Morgan fingerprint density at radius 1 is 1.55 bits per heavy atom. The first kappa shape index (κ1) is 7.29. The average molecular weight is 153 g/mol. The number of hydrogen-bond donors (Lipinski definition) is 1. The van der Waals surface area contributed by atoms with E-state index in [0.717, 1.165) is 18.7 Å². The summed E-state index contributed by atoms with van der Waals surface area (Å²) in [7, 11) is 0. The summed E-state index contributed by atoms with van der Waals surface area (Å²) in [6.45, 7) is 5.60. The highest BCUT2D eigenvalue weighted by atomic mass is 16.1. The van der Waals surface area contributed by atoms with Gasteiger partial charge in [0.1, 0.15) is 6.29 Å². The highest BCUT2D eigenvalue weighted by molar-refractivity contribution is 5.59. The fourth-order valence-corrected chi connectivity index (χ4v) is 2.58. The van der Waals surface area contributed by atoms with Crippen LogP contribution in [0.25, 0.3) is 0 Å². The third kappa shape index (κ3) is 0.791. The summed E-state index contributed by atoms with van der Waals surface area (Å²) in [5, 5.41) is 3.26. The molecule has 3 atom stereocenters. The van der Waals surface area contributed by atoms with Gasteiger partial charge in [-0.05, 0) is 30.2 Å². The summed E-state index contributed by atoms with van der Waals surface area (Å²) in [6, 6.07) is 0.134. The van der Waals surface area contributed by atoms with Crippen LogP contribution in [0.1, 0.15) is 20.3 Å². The van der Waals surface area contributed by atoms with Gasteiger partial charge in [-0.3, -0.25) is 0 Å². The zero-order chi connectivity index (χ0) is 8.06. The maximum Gasteiger partial charge on any atom is 0.137 e. The quantitative estimate of drug-likeness (QED) is 0.565. The zero-order valence-corrected chi connectivity index (χ0v) is 7.13. The standard InChI is InChI=1S/C9H15NO/c1-9(2)6-3-7(9)8(5-11)10-4-6/h5-8,10H,3-4H2,1-2H3/t6?,7?,8-/m1/s1. The summed E-state index contributed by atoms with van der Waals surface area (Å²) in [4.78, 5) is 10.6. The van der Waals surface area contributed by atoms with Crippen LogP contribution < -0.4 is 5.32 Å². The molecule has 0 aromatic carbocycles. The molecule has 11 heavy (non-hydrogen) atoms. The maximum absolute atomic E-state index is 10.6. The van der Waals surface area contributed by atoms with Crippen LogP contribution in [0, 0.1) is 17.3 Å². The van der Waals surface area contributed by atoms with Gasteiger partial charge in [-0.2, -0.15) is 0 Å². The van der Waals surface area contributed by atoms with E-state index in [1.54, 1.807) is 0 Å². The SMILES string of the molecule is CC1(C)C2CN[C@H](C=O)C1C2. The van der Waals surface area contributed by atoms with Crippen LogP contribution in [0.2, 0.25) is 0 Å². The first-order valence-electron chi connectivity index (χ1n) is 4.35. The van der Waals surface area contributed by atoms with Gasteiger partial charge in [0.05, 0.1) is 6.04 Å². The highest BCUT2D eigenvalue weighted by Crippen LogP contribution is 2.54. The molecule has 1 saturated carbocycles. The van der Waals surface area contributed by atoms with Crippen LogP contribution in [0.4, 0.5) is 0 Å². The zero-order valence-electron chi connectivity index (χ0n) is 7.13. The lowest BCUT2D eigenvalue weighted by atomic mass is 9.50. The summed E-state index contributed by atoms with van der Waals surface area (Å²) < 4.78 is 0. The number of nitrogens with one attached hydrogen (secondary N) is 1. The molecule has 2 bridgehead atoms. The van der Waals surface area contributed by atoms with E-state index < -0.39 is 0 Å². The van der Waals surface area contributed by atoms with Crippen molar-refractivity contribution in [3.63, 3.8) is 0 Å². The highest BCUT2D eigenvalue weighted by Gasteiger charge is 2.54. The largest absolute Gasteiger partial charge is 0.307 e. The number of carbonyl (C=O) groups excluding carboxylic acids is 1. The predicted molar refractivity (Wildman–Crippen MR) is 43.2 cm³/mol. The van der Waals surface area contributed by atoms with Crippen molar-refractivity contribution < 1.29 is 4.79 Å². The first-order chi connectivity index (χ1) is 5.16. The Balaban J connectivity index is 2.16. The minimum absolute atomic E-state index is 0.134. The summed E-state index contributed by atoms with van der Waals surface area (Å²) >= 11 is 0. The van der Waals surface area contributed by atoms with E-state index in [-0.39, 0.29) is 6.04 Å². The minimum Gasteiger partial charge on any atom is -0.307 e. The lowest BCUT2D eigenvalue weighted by Crippen LogP contribution is -2.64. The second kappa shape index (κ2) is 2.07. The van der Waals surface area contributed by atoms with Crippen molar-refractivity contribution in [2.75, 3.05) is 6.54 Å². The predicted octanol–water partition coefficient (Wildman–Crippen LogP) is 0.819. The summed E-state index contributed by atoms with van der Waals surface area (Å²) in [5.41, 5.74) is 0.414. The molecule has 0 aromatic rings. The molecule has 62 valence electrons. The van der Waals surface area contributed by atoms with E-state index in [1.165, 1.54) is 6.42 Å². The van der Waals surface area contributed by atoms with E-state index in [9.17, 15) is 4.79 Å². The number of carbonyl (C=O) groups is 1. The first-order valence-corrected chi connectivity index (χ1v) is 4.35. The Morgan fingerprint density at radius 2 is 2.27 bits per heavy atom. The topological polar surface area (TPSA) is 29.1 Å². The van der Waals surface area contributed by atoms with Crippen molar-refractivity contribution in [3.8, 4) is 0 Å². The van der Waals surface area contributed by atoms with E-state index in [4.69, 9.17) is 0 Å². The molecule has 3 fully saturated rings. The fourth-order valence-electron chi connectivity index (χ4n) is 2.58. The van der Waals surface area contributed by atoms with Crippen molar-refractivity contribution in [1.29, 1.82) is 0 Å². The van der Waals surface area contributed by atoms with Crippen molar-refractivity contribution in [3.05, 3.63) is 0 Å². The molecule has 1 aliphatic carbocycles. The maximum atomic E-state index is 10.6. The Hall–Kier alpha value is -0.370. The fraction of sp³-hybridized carbons (Fsp3) is 0.889. The van der Waals surface area contributed by atoms with E-state index in [0.29, 0.717) is 11.3 Å². The molecule has 2 unspecified atom stereocenters. The smallest absolute Gasteiger partial charge is 0.137 e. The second-order valence-electron chi connectivity index (χ2n) is 4.43. The molecule has 2 nitrogen and oxygen atoms in total. The number of hydrogen-bond acceptors (Lipinski definition) is 2. The third-order valence-electron chi connectivity index (χ3n) is 3.73. The van der Waals surface area contributed by atoms with Crippen molar-refractivity contribution in [1.82, 2.24) is 5.32 Å². The number of piperidine rings is 2. The van der Waals surface area contributed by atoms with Crippen molar-refractivity contribution >= 4 is 6.29 Å². The van der Waals surface area contributed by atoms with Crippen molar-refractivity contribution in [2.45, 2.75) is 26.3 Å². The second-order valence-corrected chi connectivity index (χ2v) is 4.43. The number of aldehydes is 1. The Morgan fingerprint density at radius 3 is 2.64 bits per heavy atom. The Kier molecular flexibility index (Phi) is 1.37. The molecular weight excluding hydrogens is 138 g/mol. The van der Waals surface area contributed by atoms with E-state index in [1.807, 2.05) is 0 Å². The lowest BCUT2D eigenvalue weighted by molar-refractivity contribution is -0.125. The monoisotopic (exact) mass is 153 g/mol. The number of fused-ring (bicyclic) bond motifs is 2. The third-order valence-corrected chi connectivity index (χ3v) is 3.73. The molecule has 2 aliphatic heterocycles. The summed E-state index contributed by atoms with van der Waals surface area (Å²) in [5.74, 6) is 1.41. The van der Waals surface area contributed by atoms with Crippen LogP contribution in [0.5, 0.6) is 0 Å². The van der Waals surface area contributed by atoms with Gasteiger partial charge in [0.2, 0.25) is 0 Å². The molecular formula is C9H15NO. The van der Waals surface area contributed by atoms with Gasteiger partial charge < -0.3 is 10.1 Å². The van der Waals surface area contributed by atoms with Gasteiger partial charge in [-0.15, -0.1) is 0 Å². The number of rotatable bonds is 1. The van der Waals surface area contributed by atoms with Gasteiger partial charge in [0.25, 0.3) is 0 Å². The van der Waals surface area contributed by atoms with Crippen LogP contribution in [-0.2, 0) is 4.79 Å². The molecule has 2 heteroatoms. The van der Waals surface area contributed by atoms with Crippen LogP contribution in [0.3, 0.4) is 0 Å². The van der Waals surface area contributed by atoms with Gasteiger partial charge in [-0.1, -0.05) is 13.8 Å². The van der Waals surface area contributed by atoms with Crippen LogP contribution in [-0.4, -0.2) is 18.9 Å². The molecule has 1 N–H and O–H groups in total. The lowest BCUT2D eigenvalue weighted by Gasteiger charge is -2.59. The minimum atomic E-state index is 0.134. The van der Waals surface area contributed by atoms with E-state index in [2.05, 4.69) is 19.2 Å². The molecule has 0 radical (unpaired) electrons. The summed E-state index contributed by atoms with van der Waals surface area (Å²) in [6.07, 6.45) is 2.32. The van der Waals surface area contributed by atoms with Crippen LogP contribution in [0.15, 0.2) is 0 Å². The Labute approximate surface area is 67.4 Å². The molecule has 3 aliphatic rings. The van der Waals surface area contributed by atoms with Crippen molar-refractivity contribution in [2.24, 2.45) is 17.3 Å². The molecule has 0 spiro atoms. The average Bonchev–Trinajstić information content (AvgIpc) is 2.04. The van der Waals surface area contributed by atoms with Gasteiger partial charge in [0, 0.05) is 0 Å². The van der Waals surface area contributed by atoms with Crippen LogP contribution >= 0.6 is 0 Å². The normalized spacial score (nSPS) is 46.2. The van der Waals surface area contributed by atoms with E-state index >= 15 is 0 Å². The molecule has 2 saturated heterocycles. The molecule has 0 amide bonds. The van der Waals surface area contributed by atoms with Gasteiger partial charge >= 0.3 is 0 Å². The van der Waals surface area contributed by atoms with Gasteiger partial charge in [0.15, 0.2) is 0 Å². The molecule has 0 aromatic heterocycles. The molecule has 3 rings (SSSR count). The molecule has 2 heterocycles. The van der Waals surface area contributed by atoms with Gasteiger partial charge in [-0.25, -0.2) is 0 Å².